The second kappa shape index (κ2) is 10.8. The normalized spacial score (nSPS) is 15.8. The highest BCUT2D eigenvalue weighted by atomic mass is 35.5. The Hall–Kier alpha value is -0.940. The summed E-state index contributed by atoms with van der Waals surface area (Å²) in [5.41, 5.74) is 2.37. The standard InChI is InChI=1S/C17H26N2O2.2ClH/c1-13(2)12-15(19-10-8-18-9-11-19)14-6-5-7-16(20-3)17(14)21-4;;/h5-7,15,18H,1,8-12H2,2-4H3;2*1H/t15-;;/m1../s1. The predicted molar refractivity (Wildman–Crippen MR) is 101 cm³/mol. The van der Waals surface area contributed by atoms with Crippen molar-refractivity contribution < 1.29 is 9.47 Å². The van der Waals surface area contributed by atoms with Crippen LogP contribution >= 0.6 is 24.8 Å². The lowest BCUT2D eigenvalue weighted by atomic mass is 9.96. The van der Waals surface area contributed by atoms with Crippen LogP contribution in [-0.4, -0.2) is 45.3 Å². The van der Waals surface area contributed by atoms with Crippen LogP contribution in [0.15, 0.2) is 30.4 Å². The van der Waals surface area contributed by atoms with Gasteiger partial charge in [0.2, 0.25) is 0 Å². The molecule has 0 radical (unpaired) electrons. The quantitative estimate of drug-likeness (QED) is 0.785. The highest BCUT2D eigenvalue weighted by molar-refractivity contribution is 5.85. The number of piperazine rings is 1. The van der Waals surface area contributed by atoms with Crippen molar-refractivity contribution in [1.82, 2.24) is 10.2 Å². The fourth-order valence-corrected chi connectivity index (χ4v) is 2.93. The van der Waals surface area contributed by atoms with E-state index in [1.165, 1.54) is 11.1 Å². The molecule has 1 aliphatic rings. The summed E-state index contributed by atoms with van der Waals surface area (Å²) in [4.78, 5) is 2.50. The maximum atomic E-state index is 5.62. The number of hydrogen-bond acceptors (Lipinski definition) is 4. The van der Waals surface area contributed by atoms with Crippen molar-refractivity contribution in [2.24, 2.45) is 0 Å². The molecular weight excluding hydrogens is 335 g/mol. The van der Waals surface area contributed by atoms with Gasteiger partial charge in [0, 0.05) is 37.8 Å². The fraction of sp³-hybridized carbons (Fsp3) is 0.529. The summed E-state index contributed by atoms with van der Waals surface area (Å²) in [5, 5.41) is 3.41. The molecule has 1 aromatic carbocycles. The first-order chi connectivity index (χ1) is 10.2. The average Bonchev–Trinajstić information content (AvgIpc) is 2.52. The van der Waals surface area contributed by atoms with E-state index in [4.69, 9.17) is 9.47 Å². The van der Waals surface area contributed by atoms with Gasteiger partial charge in [-0.1, -0.05) is 17.7 Å². The molecule has 0 bridgehead atoms. The van der Waals surface area contributed by atoms with Crippen LogP contribution in [0.25, 0.3) is 0 Å². The lowest BCUT2D eigenvalue weighted by Gasteiger charge is -2.36. The maximum absolute atomic E-state index is 5.62. The van der Waals surface area contributed by atoms with Gasteiger partial charge >= 0.3 is 0 Å². The number of para-hydroxylation sites is 1. The molecule has 0 aromatic heterocycles. The maximum Gasteiger partial charge on any atom is 0.165 e. The molecule has 2 rings (SSSR count). The molecule has 1 aromatic rings. The summed E-state index contributed by atoms with van der Waals surface area (Å²) in [6.07, 6.45) is 0.934. The lowest BCUT2D eigenvalue weighted by molar-refractivity contribution is 0.169. The highest BCUT2D eigenvalue weighted by Crippen LogP contribution is 2.39. The monoisotopic (exact) mass is 362 g/mol. The molecule has 0 saturated carbocycles. The van der Waals surface area contributed by atoms with E-state index in [2.05, 4.69) is 29.8 Å². The highest BCUT2D eigenvalue weighted by Gasteiger charge is 2.26. The van der Waals surface area contributed by atoms with Gasteiger partial charge in [-0.15, -0.1) is 31.4 Å². The third-order valence-electron chi connectivity index (χ3n) is 3.93. The molecule has 23 heavy (non-hydrogen) atoms. The van der Waals surface area contributed by atoms with Crippen LogP contribution in [-0.2, 0) is 0 Å². The molecule has 1 fully saturated rings. The summed E-state index contributed by atoms with van der Waals surface area (Å²) < 4.78 is 11.1. The molecule has 132 valence electrons. The van der Waals surface area contributed by atoms with Crippen molar-refractivity contribution in [1.29, 1.82) is 0 Å². The number of hydrogen-bond donors (Lipinski definition) is 1. The molecule has 0 aliphatic carbocycles. The number of halogens is 2. The molecule has 1 N–H and O–H groups in total. The molecular formula is C17H28Cl2N2O2. The van der Waals surface area contributed by atoms with E-state index >= 15 is 0 Å². The van der Waals surface area contributed by atoms with Gasteiger partial charge in [0.05, 0.1) is 14.2 Å². The van der Waals surface area contributed by atoms with Gasteiger partial charge in [-0.2, -0.15) is 0 Å². The van der Waals surface area contributed by atoms with E-state index in [-0.39, 0.29) is 30.9 Å². The minimum absolute atomic E-state index is 0. The number of nitrogens with one attached hydrogen (secondary N) is 1. The minimum Gasteiger partial charge on any atom is -0.493 e. The number of ether oxygens (including phenoxy) is 2. The van der Waals surface area contributed by atoms with Gasteiger partial charge in [-0.25, -0.2) is 0 Å². The molecule has 0 amide bonds. The zero-order valence-electron chi connectivity index (χ0n) is 14.1. The molecule has 1 heterocycles. The number of benzene rings is 1. The van der Waals surface area contributed by atoms with Crippen LogP contribution < -0.4 is 14.8 Å². The molecule has 0 unspecified atom stereocenters. The second-order valence-corrected chi connectivity index (χ2v) is 5.55. The van der Waals surface area contributed by atoms with E-state index in [1.807, 2.05) is 12.1 Å². The summed E-state index contributed by atoms with van der Waals surface area (Å²) in [7, 11) is 3.39. The second-order valence-electron chi connectivity index (χ2n) is 5.55. The summed E-state index contributed by atoms with van der Waals surface area (Å²) in [5.74, 6) is 1.63. The third kappa shape index (κ3) is 5.57. The van der Waals surface area contributed by atoms with Gasteiger partial charge < -0.3 is 14.8 Å². The topological polar surface area (TPSA) is 33.7 Å². The van der Waals surface area contributed by atoms with E-state index < -0.39 is 0 Å². The Kier molecular flexibility index (Phi) is 10.3. The number of nitrogens with zero attached hydrogens (tertiary/aromatic N) is 1. The van der Waals surface area contributed by atoms with E-state index in [0.29, 0.717) is 0 Å². The Labute approximate surface area is 152 Å². The van der Waals surface area contributed by atoms with Gasteiger partial charge in [-0.3, -0.25) is 4.90 Å². The van der Waals surface area contributed by atoms with Crippen LogP contribution in [0.1, 0.15) is 24.9 Å². The molecule has 1 atom stereocenters. The van der Waals surface area contributed by atoms with Crippen molar-refractivity contribution in [3.8, 4) is 11.5 Å². The summed E-state index contributed by atoms with van der Waals surface area (Å²) >= 11 is 0. The molecule has 1 aliphatic heterocycles. The van der Waals surface area contributed by atoms with Gasteiger partial charge in [0.25, 0.3) is 0 Å². The molecule has 4 nitrogen and oxygen atoms in total. The van der Waals surface area contributed by atoms with Crippen molar-refractivity contribution in [2.75, 3.05) is 40.4 Å². The number of methoxy groups -OCH3 is 2. The Morgan fingerprint density at radius 3 is 2.39 bits per heavy atom. The minimum atomic E-state index is 0. The SMILES string of the molecule is C=C(C)C[C@H](c1cccc(OC)c1OC)N1CCNCC1.Cl.Cl. The van der Waals surface area contributed by atoms with E-state index in [0.717, 1.165) is 44.1 Å². The lowest BCUT2D eigenvalue weighted by Crippen LogP contribution is -2.45. The zero-order chi connectivity index (χ0) is 15.2. The van der Waals surface area contributed by atoms with E-state index in [1.54, 1.807) is 14.2 Å². The Morgan fingerprint density at radius 2 is 1.87 bits per heavy atom. The molecule has 6 heteroatoms. The van der Waals surface area contributed by atoms with Crippen LogP contribution in [0.3, 0.4) is 0 Å². The predicted octanol–water partition coefficient (Wildman–Crippen LogP) is 3.46. The van der Waals surface area contributed by atoms with Crippen molar-refractivity contribution in [2.45, 2.75) is 19.4 Å². The van der Waals surface area contributed by atoms with Crippen LogP contribution in [0, 0.1) is 0 Å². The van der Waals surface area contributed by atoms with Crippen molar-refractivity contribution >= 4 is 24.8 Å². The Balaban J connectivity index is 0.00000242. The smallest absolute Gasteiger partial charge is 0.165 e. The molecule has 1 saturated heterocycles. The summed E-state index contributed by atoms with van der Waals surface area (Å²) in [6, 6.07) is 6.40. The van der Waals surface area contributed by atoms with E-state index in [9.17, 15) is 0 Å². The first kappa shape index (κ1) is 22.1. The third-order valence-corrected chi connectivity index (χ3v) is 3.93. The Morgan fingerprint density at radius 1 is 1.22 bits per heavy atom. The zero-order valence-corrected chi connectivity index (χ0v) is 15.8. The van der Waals surface area contributed by atoms with Gasteiger partial charge in [-0.05, 0) is 19.4 Å². The Bertz CT molecular complexity index is 491. The van der Waals surface area contributed by atoms with Gasteiger partial charge in [0.15, 0.2) is 11.5 Å². The molecule has 0 spiro atoms. The fourth-order valence-electron chi connectivity index (χ4n) is 2.93. The van der Waals surface area contributed by atoms with Crippen LogP contribution in [0.4, 0.5) is 0 Å². The van der Waals surface area contributed by atoms with Gasteiger partial charge in [0.1, 0.15) is 0 Å². The first-order valence-corrected chi connectivity index (χ1v) is 7.47. The van der Waals surface area contributed by atoms with Crippen LogP contribution in [0.2, 0.25) is 0 Å². The average molecular weight is 363 g/mol. The first-order valence-electron chi connectivity index (χ1n) is 7.47. The van der Waals surface area contributed by atoms with Crippen LogP contribution in [0.5, 0.6) is 11.5 Å². The summed E-state index contributed by atoms with van der Waals surface area (Å²) in [6.45, 7) is 10.3. The number of rotatable bonds is 6. The van der Waals surface area contributed by atoms with Crippen molar-refractivity contribution in [3.05, 3.63) is 35.9 Å². The van der Waals surface area contributed by atoms with Crippen molar-refractivity contribution in [3.63, 3.8) is 0 Å². The largest absolute Gasteiger partial charge is 0.493 e.